The molecule has 2 rings (SSSR count). The lowest BCUT2D eigenvalue weighted by molar-refractivity contribution is 0.0753. The van der Waals surface area contributed by atoms with Crippen LogP contribution in [0.5, 0.6) is 0 Å². The monoisotopic (exact) mass is 271 g/mol. The Morgan fingerprint density at radius 1 is 1.39 bits per heavy atom. The molecule has 98 valence electrons. The predicted molar refractivity (Wildman–Crippen MR) is 67.2 cm³/mol. The molecule has 0 aromatic heterocycles. The molecule has 3 nitrogen and oxygen atoms in total. The topological polar surface area (TPSA) is 40.5 Å². The maximum absolute atomic E-state index is 13.0. The molecule has 1 aliphatic rings. The standard InChI is InChI=1S/C13H15ClFNO2/c14-11-8-9(3-4-12(11)15)13(18)16-6-1-2-10(17)5-7-16/h3-4,8,10,17H,1-2,5-7H2/t10-/m1/s1. The number of carbonyl (C=O) groups is 1. The Morgan fingerprint density at radius 2 is 2.17 bits per heavy atom. The van der Waals surface area contributed by atoms with Gasteiger partial charge >= 0.3 is 0 Å². The number of amides is 1. The molecule has 18 heavy (non-hydrogen) atoms. The van der Waals surface area contributed by atoms with Gasteiger partial charge in [-0.2, -0.15) is 0 Å². The molecule has 0 unspecified atom stereocenters. The predicted octanol–water partition coefficient (Wildman–Crippen LogP) is 2.47. The molecule has 1 saturated heterocycles. The first-order valence-electron chi connectivity index (χ1n) is 6.00. The van der Waals surface area contributed by atoms with Crippen LogP contribution in [-0.4, -0.2) is 35.1 Å². The van der Waals surface area contributed by atoms with E-state index in [9.17, 15) is 14.3 Å². The molecule has 1 aromatic carbocycles. The van der Waals surface area contributed by atoms with Gasteiger partial charge in [-0.05, 0) is 37.5 Å². The van der Waals surface area contributed by atoms with Crippen molar-refractivity contribution in [2.24, 2.45) is 0 Å². The Labute approximate surface area is 110 Å². The molecule has 1 atom stereocenters. The summed E-state index contributed by atoms with van der Waals surface area (Å²) in [5.41, 5.74) is 0.387. The first-order valence-corrected chi connectivity index (χ1v) is 6.38. The maximum atomic E-state index is 13.0. The summed E-state index contributed by atoms with van der Waals surface area (Å²) in [6, 6.07) is 3.98. The van der Waals surface area contributed by atoms with Gasteiger partial charge in [0.1, 0.15) is 5.82 Å². The average Bonchev–Trinajstić information content (AvgIpc) is 2.57. The van der Waals surface area contributed by atoms with Gasteiger partial charge in [0.25, 0.3) is 5.91 Å². The molecular formula is C13H15ClFNO2. The van der Waals surface area contributed by atoms with E-state index in [1.807, 2.05) is 0 Å². The Morgan fingerprint density at radius 3 is 2.89 bits per heavy atom. The van der Waals surface area contributed by atoms with Crippen molar-refractivity contribution in [3.05, 3.63) is 34.6 Å². The molecule has 1 aliphatic heterocycles. The zero-order valence-electron chi connectivity index (χ0n) is 9.90. The van der Waals surface area contributed by atoms with Gasteiger partial charge in [-0.1, -0.05) is 11.6 Å². The van der Waals surface area contributed by atoms with E-state index in [0.717, 1.165) is 6.42 Å². The van der Waals surface area contributed by atoms with Gasteiger partial charge in [-0.3, -0.25) is 4.79 Å². The summed E-state index contributed by atoms with van der Waals surface area (Å²) in [5.74, 6) is -0.689. The Balaban J connectivity index is 2.12. The van der Waals surface area contributed by atoms with Crippen LogP contribution in [0.25, 0.3) is 0 Å². The van der Waals surface area contributed by atoms with E-state index in [0.29, 0.717) is 31.5 Å². The highest BCUT2D eigenvalue weighted by molar-refractivity contribution is 6.31. The number of aliphatic hydroxyl groups is 1. The summed E-state index contributed by atoms with van der Waals surface area (Å²) in [5, 5.41) is 9.49. The Hall–Kier alpha value is -1.13. The molecule has 1 aromatic rings. The van der Waals surface area contributed by atoms with Crippen molar-refractivity contribution in [1.82, 2.24) is 4.90 Å². The number of nitrogens with zero attached hydrogens (tertiary/aromatic N) is 1. The fourth-order valence-electron chi connectivity index (χ4n) is 2.09. The van der Waals surface area contributed by atoms with Crippen molar-refractivity contribution in [2.45, 2.75) is 25.4 Å². The van der Waals surface area contributed by atoms with Gasteiger partial charge < -0.3 is 10.0 Å². The Kier molecular flexibility index (Phi) is 4.19. The molecule has 5 heteroatoms. The number of aliphatic hydroxyl groups excluding tert-OH is 1. The van der Waals surface area contributed by atoms with E-state index >= 15 is 0 Å². The molecular weight excluding hydrogens is 257 g/mol. The minimum absolute atomic E-state index is 0.0456. The van der Waals surface area contributed by atoms with Crippen LogP contribution in [0.4, 0.5) is 4.39 Å². The first-order chi connectivity index (χ1) is 8.58. The molecule has 1 fully saturated rings. The fraction of sp³-hybridized carbons (Fsp3) is 0.462. The molecule has 0 saturated carbocycles. The first kappa shape index (κ1) is 13.3. The third kappa shape index (κ3) is 3.00. The zero-order valence-corrected chi connectivity index (χ0v) is 10.7. The summed E-state index contributed by atoms with van der Waals surface area (Å²) in [6.45, 7) is 1.14. The van der Waals surface area contributed by atoms with Gasteiger partial charge in [-0.15, -0.1) is 0 Å². The third-order valence-corrected chi connectivity index (χ3v) is 3.44. The molecule has 0 bridgehead atoms. The summed E-state index contributed by atoms with van der Waals surface area (Å²) in [6.07, 6.45) is 1.75. The van der Waals surface area contributed by atoms with Crippen molar-refractivity contribution in [1.29, 1.82) is 0 Å². The van der Waals surface area contributed by atoms with Crippen molar-refractivity contribution in [2.75, 3.05) is 13.1 Å². The van der Waals surface area contributed by atoms with Crippen LogP contribution in [0, 0.1) is 5.82 Å². The number of likely N-dealkylation sites (tertiary alicyclic amines) is 1. The lowest BCUT2D eigenvalue weighted by Crippen LogP contribution is -2.32. The lowest BCUT2D eigenvalue weighted by Gasteiger charge is -2.20. The number of rotatable bonds is 1. The van der Waals surface area contributed by atoms with Gasteiger partial charge in [0.15, 0.2) is 0 Å². The van der Waals surface area contributed by atoms with Crippen molar-refractivity contribution in [3.8, 4) is 0 Å². The maximum Gasteiger partial charge on any atom is 0.253 e. The zero-order chi connectivity index (χ0) is 13.1. The van der Waals surface area contributed by atoms with Crippen molar-refractivity contribution >= 4 is 17.5 Å². The molecule has 0 radical (unpaired) electrons. The summed E-state index contributed by atoms with van der Waals surface area (Å²) in [4.78, 5) is 13.9. The van der Waals surface area contributed by atoms with Crippen LogP contribution >= 0.6 is 11.6 Å². The summed E-state index contributed by atoms with van der Waals surface area (Å²) < 4.78 is 13.0. The molecule has 0 spiro atoms. The van der Waals surface area contributed by atoms with Crippen LogP contribution in [0.15, 0.2) is 18.2 Å². The number of benzene rings is 1. The van der Waals surface area contributed by atoms with Crippen LogP contribution in [0.1, 0.15) is 29.6 Å². The molecule has 1 heterocycles. The molecule has 1 N–H and O–H groups in total. The van der Waals surface area contributed by atoms with E-state index in [2.05, 4.69) is 0 Å². The van der Waals surface area contributed by atoms with E-state index in [4.69, 9.17) is 11.6 Å². The highest BCUT2D eigenvalue weighted by Gasteiger charge is 2.20. The third-order valence-electron chi connectivity index (χ3n) is 3.15. The largest absolute Gasteiger partial charge is 0.393 e. The van der Waals surface area contributed by atoms with Crippen LogP contribution in [-0.2, 0) is 0 Å². The number of halogens is 2. The van der Waals surface area contributed by atoms with Crippen LogP contribution in [0.3, 0.4) is 0 Å². The summed E-state index contributed by atoms with van der Waals surface area (Å²) >= 11 is 5.67. The highest BCUT2D eigenvalue weighted by Crippen LogP contribution is 2.19. The van der Waals surface area contributed by atoms with Gasteiger partial charge in [0.05, 0.1) is 11.1 Å². The number of carbonyl (C=O) groups excluding carboxylic acids is 1. The number of hydrogen-bond acceptors (Lipinski definition) is 2. The second-order valence-electron chi connectivity index (χ2n) is 4.51. The average molecular weight is 272 g/mol. The van der Waals surface area contributed by atoms with E-state index in [-0.39, 0.29) is 17.0 Å². The van der Waals surface area contributed by atoms with Crippen LogP contribution in [0.2, 0.25) is 5.02 Å². The van der Waals surface area contributed by atoms with Gasteiger partial charge in [-0.25, -0.2) is 4.39 Å². The van der Waals surface area contributed by atoms with Gasteiger partial charge in [0, 0.05) is 18.7 Å². The number of hydrogen-bond donors (Lipinski definition) is 1. The van der Waals surface area contributed by atoms with E-state index < -0.39 is 5.82 Å². The SMILES string of the molecule is O=C(c1ccc(F)c(Cl)c1)N1CCC[C@@H](O)CC1. The quantitative estimate of drug-likeness (QED) is 0.852. The van der Waals surface area contributed by atoms with Gasteiger partial charge in [0.2, 0.25) is 0 Å². The lowest BCUT2D eigenvalue weighted by atomic mass is 10.2. The minimum atomic E-state index is -0.528. The molecule has 0 aliphatic carbocycles. The minimum Gasteiger partial charge on any atom is -0.393 e. The molecule has 1 amide bonds. The van der Waals surface area contributed by atoms with E-state index in [1.54, 1.807) is 4.90 Å². The van der Waals surface area contributed by atoms with Crippen molar-refractivity contribution < 1.29 is 14.3 Å². The second kappa shape index (κ2) is 5.67. The smallest absolute Gasteiger partial charge is 0.253 e. The normalized spacial score (nSPS) is 20.6. The van der Waals surface area contributed by atoms with Crippen LogP contribution < -0.4 is 0 Å². The Bertz CT molecular complexity index is 453. The van der Waals surface area contributed by atoms with E-state index in [1.165, 1.54) is 18.2 Å². The highest BCUT2D eigenvalue weighted by atomic mass is 35.5. The fourth-order valence-corrected chi connectivity index (χ4v) is 2.27. The second-order valence-corrected chi connectivity index (χ2v) is 4.91. The summed E-state index contributed by atoms with van der Waals surface area (Å²) in [7, 11) is 0. The van der Waals surface area contributed by atoms with Crippen molar-refractivity contribution in [3.63, 3.8) is 0 Å².